The molecule has 25 heavy (non-hydrogen) atoms. The van der Waals surface area contributed by atoms with Crippen molar-refractivity contribution in [2.45, 2.75) is 111 Å². The van der Waals surface area contributed by atoms with Crippen LogP contribution in [0.4, 0.5) is 0 Å². The van der Waals surface area contributed by atoms with Crippen molar-refractivity contribution in [1.29, 1.82) is 0 Å². The van der Waals surface area contributed by atoms with E-state index >= 15 is 0 Å². The number of rotatable bonds is 6. The van der Waals surface area contributed by atoms with Crippen molar-refractivity contribution in [2.24, 2.45) is 28.1 Å². The van der Waals surface area contributed by atoms with Crippen molar-refractivity contribution in [3.63, 3.8) is 0 Å². The molecular formula is C22H40O3. The molecule has 0 aromatic rings. The van der Waals surface area contributed by atoms with E-state index in [0.717, 1.165) is 25.7 Å². The van der Waals surface area contributed by atoms with Gasteiger partial charge in [-0.15, -0.1) is 0 Å². The van der Waals surface area contributed by atoms with E-state index in [-0.39, 0.29) is 21.8 Å². The molecule has 2 N–H and O–H groups in total. The molecule has 0 aromatic heterocycles. The SMILES string of the molecule is CCC(C)(C)C(O)OC(C)(C)C12CC3CC(CC(C(C)(C)O)(C3)C1)C2. The maximum Gasteiger partial charge on any atom is 0.160 e. The van der Waals surface area contributed by atoms with E-state index < -0.39 is 11.9 Å². The van der Waals surface area contributed by atoms with E-state index in [1.54, 1.807) is 0 Å². The lowest BCUT2D eigenvalue weighted by molar-refractivity contribution is -0.297. The van der Waals surface area contributed by atoms with Crippen molar-refractivity contribution >= 4 is 0 Å². The van der Waals surface area contributed by atoms with Crippen molar-refractivity contribution in [3.05, 3.63) is 0 Å². The number of aliphatic hydroxyl groups is 2. The first kappa shape index (κ1) is 19.6. The Labute approximate surface area is 154 Å². The van der Waals surface area contributed by atoms with Crippen LogP contribution in [0.25, 0.3) is 0 Å². The van der Waals surface area contributed by atoms with Crippen LogP contribution in [-0.2, 0) is 4.74 Å². The quantitative estimate of drug-likeness (QED) is 0.669. The van der Waals surface area contributed by atoms with E-state index in [4.69, 9.17) is 4.74 Å². The predicted molar refractivity (Wildman–Crippen MR) is 101 cm³/mol. The highest BCUT2D eigenvalue weighted by Gasteiger charge is 2.66. The van der Waals surface area contributed by atoms with E-state index in [0.29, 0.717) is 11.8 Å². The molecule has 3 unspecified atom stereocenters. The van der Waals surface area contributed by atoms with Crippen molar-refractivity contribution in [3.8, 4) is 0 Å². The molecule has 0 aliphatic heterocycles. The zero-order valence-corrected chi connectivity index (χ0v) is 17.5. The predicted octanol–water partition coefficient (Wildman–Crippen LogP) is 4.89. The Morgan fingerprint density at radius 2 is 1.44 bits per heavy atom. The van der Waals surface area contributed by atoms with Crippen molar-refractivity contribution in [1.82, 2.24) is 0 Å². The third kappa shape index (κ3) is 2.99. The maximum absolute atomic E-state index is 11.0. The number of aliphatic hydroxyl groups excluding tert-OH is 1. The topological polar surface area (TPSA) is 49.7 Å². The lowest BCUT2D eigenvalue weighted by Gasteiger charge is -2.68. The minimum atomic E-state index is -0.751. The van der Waals surface area contributed by atoms with Gasteiger partial charge in [0, 0.05) is 10.8 Å². The standard InChI is InChI=1S/C22H40O3/c1-8-18(2,3)17(23)25-20(6,7)22-12-15-9-16(13-22)11-21(10-15,14-22)19(4,5)24/h15-17,23-24H,8-14H2,1-7H3. The average molecular weight is 353 g/mol. The molecule has 4 bridgehead atoms. The van der Waals surface area contributed by atoms with Crippen LogP contribution in [0, 0.1) is 28.1 Å². The molecule has 4 saturated carbocycles. The van der Waals surface area contributed by atoms with Gasteiger partial charge in [-0.2, -0.15) is 0 Å². The minimum absolute atomic E-state index is 0.0168. The van der Waals surface area contributed by atoms with Gasteiger partial charge in [-0.05, 0) is 89.9 Å². The molecule has 4 fully saturated rings. The molecule has 4 aliphatic carbocycles. The fourth-order valence-corrected chi connectivity index (χ4v) is 6.42. The van der Waals surface area contributed by atoms with Gasteiger partial charge in [0.1, 0.15) is 0 Å². The summed E-state index contributed by atoms with van der Waals surface area (Å²) >= 11 is 0. The summed E-state index contributed by atoms with van der Waals surface area (Å²) in [7, 11) is 0. The second kappa shape index (κ2) is 5.69. The average Bonchev–Trinajstić information content (AvgIpc) is 2.44. The molecule has 0 spiro atoms. The molecule has 3 nitrogen and oxygen atoms in total. The lowest BCUT2D eigenvalue weighted by Crippen LogP contribution is -2.65. The number of hydrogen-bond acceptors (Lipinski definition) is 3. The fourth-order valence-electron chi connectivity index (χ4n) is 6.42. The van der Waals surface area contributed by atoms with Crippen molar-refractivity contribution < 1.29 is 14.9 Å². The third-order valence-electron chi connectivity index (χ3n) is 8.62. The Bertz CT molecular complexity index is 500. The van der Waals surface area contributed by atoms with Crippen LogP contribution in [-0.4, -0.2) is 27.7 Å². The van der Waals surface area contributed by atoms with Gasteiger partial charge in [-0.25, -0.2) is 0 Å². The van der Waals surface area contributed by atoms with Gasteiger partial charge in [-0.1, -0.05) is 20.8 Å². The molecule has 4 aliphatic rings. The van der Waals surface area contributed by atoms with Gasteiger partial charge >= 0.3 is 0 Å². The molecule has 0 saturated heterocycles. The lowest BCUT2D eigenvalue weighted by atomic mass is 9.38. The van der Waals surface area contributed by atoms with Crippen LogP contribution < -0.4 is 0 Å². The molecular weight excluding hydrogens is 312 g/mol. The normalized spacial score (nSPS) is 39.7. The van der Waals surface area contributed by atoms with Gasteiger partial charge in [0.2, 0.25) is 0 Å². The zero-order chi connectivity index (χ0) is 18.9. The largest absolute Gasteiger partial charge is 0.390 e. The second-order valence-corrected chi connectivity index (χ2v) is 11.4. The summed E-state index contributed by atoms with van der Waals surface area (Å²) in [5, 5.41) is 21.8. The van der Waals surface area contributed by atoms with Crippen LogP contribution in [0.2, 0.25) is 0 Å². The van der Waals surface area contributed by atoms with E-state index in [1.165, 1.54) is 19.3 Å². The summed E-state index contributed by atoms with van der Waals surface area (Å²) in [6.07, 6.45) is 7.18. The van der Waals surface area contributed by atoms with Gasteiger partial charge in [0.05, 0.1) is 11.2 Å². The van der Waals surface area contributed by atoms with E-state index in [2.05, 4.69) is 34.6 Å². The first-order chi connectivity index (χ1) is 11.3. The van der Waals surface area contributed by atoms with Gasteiger partial charge in [0.25, 0.3) is 0 Å². The highest BCUT2D eigenvalue weighted by atomic mass is 16.6. The third-order valence-corrected chi connectivity index (χ3v) is 8.62. The molecule has 146 valence electrons. The molecule has 0 aromatic carbocycles. The van der Waals surface area contributed by atoms with Crippen LogP contribution in [0.3, 0.4) is 0 Å². The van der Waals surface area contributed by atoms with Gasteiger partial charge in [0.15, 0.2) is 6.29 Å². The van der Waals surface area contributed by atoms with Gasteiger partial charge < -0.3 is 14.9 Å². The first-order valence-corrected chi connectivity index (χ1v) is 10.3. The maximum atomic E-state index is 11.0. The molecule has 0 radical (unpaired) electrons. The highest BCUT2D eigenvalue weighted by molar-refractivity contribution is 5.16. The fraction of sp³-hybridized carbons (Fsp3) is 1.00. The summed E-state index contributed by atoms with van der Waals surface area (Å²) in [4.78, 5) is 0. The molecule has 0 amide bonds. The second-order valence-electron chi connectivity index (χ2n) is 11.4. The van der Waals surface area contributed by atoms with E-state index in [1.807, 2.05) is 13.8 Å². The number of ether oxygens (including phenoxy) is 1. The summed E-state index contributed by atoms with van der Waals surface area (Å²) in [6, 6.07) is 0. The summed E-state index contributed by atoms with van der Waals surface area (Å²) in [5.41, 5.74) is -1.18. The molecule has 4 rings (SSSR count). The first-order valence-electron chi connectivity index (χ1n) is 10.3. The van der Waals surface area contributed by atoms with Crippen molar-refractivity contribution in [2.75, 3.05) is 0 Å². The van der Waals surface area contributed by atoms with Crippen LogP contribution >= 0.6 is 0 Å². The van der Waals surface area contributed by atoms with E-state index in [9.17, 15) is 10.2 Å². The monoisotopic (exact) mass is 352 g/mol. The van der Waals surface area contributed by atoms with Crippen LogP contribution in [0.5, 0.6) is 0 Å². The molecule has 3 heteroatoms. The van der Waals surface area contributed by atoms with Crippen LogP contribution in [0.15, 0.2) is 0 Å². The Morgan fingerprint density at radius 3 is 1.88 bits per heavy atom. The zero-order valence-electron chi connectivity index (χ0n) is 17.5. The Hall–Kier alpha value is -0.120. The van der Waals surface area contributed by atoms with Gasteiger partial charge in [-0.3, -0.25) is 0 Å². The highest BCUT2D eigenvalue weighted by Crippen LogP contribution is 2.71. The van der Waals surface area contributed by atoms with Crippen LogP contribution in [0.1, 0.15) is 93.4 Å². The summed E-state index contributed by atoms with van der Waals surface area (Å²) < 4.78 is 6.41. The molecule has 0 heterocycles. The Morgan fingerprint density at radius 1 is 0.960 bits per heavy atom. The minimum Gasteiger partial charge on any atom is -0.390 e. The summed E-state index contributed by atoms with van der Waals surface area (Å²) in [5.74, 6) is 1.40. The smallest absolute Gasteiger partial charge is 0.160 e. The number of hydrogen-bond donors (Lipinski definition) is 2. The summed E-state index contributed by atoms with van der Waals surface area (Å²) in [6.45, 7) is 14.7. The Kier molecular flexibility index (Phi) is 4.47. The Balaban J connectivity index is 1.90. The molecule has 3 atom stereocenters.